The van der Waals surface area contributed by atoms with Crippen LogP contribution in [0.4, 0.5) is 11.4 Å². The van der Waals surface area contributed by atoms with Gasteiger partial charge in [-0.3, -0.25) is 4.79 Å². The number of hydrogen-bond acceptors (Lipinski definition) is 2. The SMILES string of the molecule is Nc1cccc(/C=C/C(=O)Nc2ccc3[nH]ccc3c2)c1. The number of H-pyrrole nitrogens is 1. The van der Waals surface area contributed by atoms with Crippen LogP contribution in [-0.2, 0) is 4.79 Å². The number of carbonyl (C=O) groups is 1. The highest BCUT2D eigenvalue weighted by molar-refractivity contribution is 6.03. The summed E-state index contributed by atoms with van der Waals surface area (Å²) in [4.78, 5) is 15.0. The van der Waals surface area contributed by atoms with Crippen LogP contribution in [0.5, 0.6) is 0 Å². The Kier molecular flexibility index (Phi) is 3.43. The number of aromatic nitrogens is 1. The van der Waals surface area contributed by atoms with Crippen LogP contribution in [0.1, 0.15) is 5.56 Å². The van der Waals surface area contributed by atoms with Crippen molar-refractivity contribution in [2.45, 2.75) is 0 Å². The summed E-state index contributed by atoms with van der Waals surface area (Å²) in [7, 11) is 0. The van der Waals surface area contributed by atoms with Crippen LogP contribution in [0, 0.1) is 0 Å². The summed E-state index contributed by atoms with van der Waals surface area (Å²) < 4.78 is 0. The van der Waals surface area contributed by atoms with Crippen molar-refractivity contribution < 1.29 is 4.79 Å². The van der Waals surface area contributed by atoms with Gasteiger partial charge in [-0.15, -0.1) is 0 Å². The van der Waals surface area contributed by atoms with Gasteiger partial charge in [-0.25, -0.2) is 0 Å². The first-order valence-corrected chi connectivity index (χ1v) is 6.62. The van der Waals surface area contributed by atoms with E-state index in [0.29, 0.717) is 5.69 Å². The lowest BCUT2D eigenvalue weighted by Crippen LogP contribution is -2.07. The third-order valence-corrected chi connectivity index (χ3v) is 3.16. The Morgan fingerprint density at radius 3 is 2.90 bits per heavy atom. The molecular formula is C17H15N3O. The third kappa shape index (κ3) is 3.12. The number of nitrogens with one attached hydrogen (secondary N) is 2. The number of carbonyl (C=O) groups excluding carboxylic acids is 1. The Morgan fingerprint density at radius 2 is 2.05 bits per heavy atom. The second kappa shape index (κ2) is 5.54. The second-order valence-corrected chi connectivity index (χ2v) is 4.77. The molecule has 0 saturated carbocycles. The van der Waals surface area contributed by atoms with Gasteiger partial charge in [0.1, 0.15) is 0 Å². The van der Waals surface area contributed by atoms with E-state index in [1.165, 1.54) is 6.08 Å². The molecular weight excluding hydrogens is 262 g/mol. The first kappa shape index (κ1) is 13.0. The molecule has 0 aliphatic heterocycles. The van der Waals surface area contributed by atoms with Crippen molar-refractivity contribution in [3.05, 3.63) is 66.4 Å². The van der Waals surface area contributed by atoms with E-state index in [0.717, 1.165) is 22.2 Å². The van der Waals surface area contributed by atoms with Crippen molar-refractivity contribution in [1.29, 1.82) is 0 Å². The summed E-state index contributed by atoms with van der Waals surface area (Å²) in [6.07, 6.45) is 5.10. The number of hydrogen-bond donors (Lipinski definition) is 3. The van der Waals surface area contributed by atoms with Crippen LogP contribution in [0.2, 0.25) is 0 Å². The van der Waals surface area contributed by atoms with E-state index in [-0.39, 0.29) is 5.91 Å². The number of fused-ring (bicyclic) bond motifs is 1. The van der Waals surface area contributed by atoms with Crippen molar-refractivity contribution >= 4 is 34.3 Å². The minimum absolute atomic E-state index is 0.174. The maximum atomic E-state index is 11.9. The fourth-order valence-corrected chi connectivity index (χ4v) is 2.15. The molecule has 1 amide bonds. The topological polar surface area (TPSA) is 70.9 Å². The van der Waals surface area contributed by atoms with Gasteiger partial charge in [0.15, 0.2) is 0 Å². The molecule has 21 heavy (non-hydrogen) atoms. The summed E-state index contributed by atoms with van der Waals surface area (Å²) in [6, 6.07) is 15.1. The Hall–Kier alpha value is -3.01. The van der Waals surface area contributed by atoms with E-state index in [4.69, 9.17) is 5.73 Å². The summed E-state index contributed by atoms with van der Waals surface area (Å²) in [5.74, 6) is -0.174. The highest BCUT2D eigenvalue weighted by Gasteiger charge is 2.00. The largest absolute Gasteiger partial charge is 0.399 e. The van der Waals surface area contributed by atoms with Crippen molar-refractivity contribution in [2.24, 2.45) is 0 Å². The van der Waals surface area contributed by atoms with Gasteiger partial charge in [0, 0.05) is 34.6 Å². The number of anilines is 2. The fraction of sp³-hybridized carbons (Fsp3) is 0. The molecule has 0 spiro atoms. The van der Waals surface area contributed by atoms with Crippen molar-refractivity contribution in [3.8, 4) is 0 Å². The molecule has 3 rings (SSSR count). The molecule has 0 saturated heterocycles. The van der Waals surface area contributed by atoms with Gasteiger partial charge in [-0.05, 0) is 48.0 Å². The van der Waals surface area contributed by atoms with Crippen molar-refractivity contribution in [2.75, 3.05) is 11.1 Å². The highest BCUT2D eigenvalue weighted by Crippen LogP contribution is 2.17. The minimum Gasteiger partial charge on any atom is -0.399 e. The summed E-state index contributed by atoms with van der Waals surface area (Å²) >= 11 is 0. The Labute approximate surface area is 122 Å². The third-order valence-electron chi connectivity index (χ3n) is 3.16. The lowest BCUT2D eigenvalue weighted by atomic mass is 10.2. The number of aromatic amines is 1. The lowest BCUT2D eigenvalue weighted by Gasteiger charge is -2.02. The zero-order valence-corrected chi connectivity index (χ0v) is 11.3. The van der Waals surface area contributed by atoms with Crippen LogP contribution in [0.3, 0.4) is 0 Å². The maximum Gasteiger partial charge on any atom is 0.248 e. The van der Waals surface area contributed by atoms with Crippen LogP contribution in [0.25, 0.3) is 17.0 Å². The van der Waals surface area contributed by atoms with E-state index in [1.54, 1.807) is 6.08 Å². The van der Waals surface area contributed by atoms with Gasteiger partial charge in [0.05, 0.1) is 0 Å². The van der Waals surface area contributed by atoms with E-state index in [9.17, 15) is 4.79 Å². The molecule has 0 aliphatic carbocycles. The molecule has 0 unspecified atom stereocenters. The van der Waals surface area contributed by atoms with Crippen molar-refractivity contribution in [1.82, 2.24) is 4.98 Å². The lowest BCUT2D eigenvalue weighted by molar-refractivity contribution is -0.111. The standard InChI is InChI=1S/C17H15N3O/c18-14-3-1-2-12(10-14)4-7-17(21)20-15-5-6-16-13(11-15)8-9-19-16/h1-11,19H,18H2,(H,20,21)/b7-4+. The fourth-order valence-electron chi connectivity index (χ4n) is 2.15. The molecule has 0 fully saturated rings. The molecule has 0 atom stereocenters. The van der Waals surface area contributed by atoms with Crippen LogP contribution >= 0.6 is 0 Å². The molecule has 4 nitrogen and oxygen atoms in total. The van der Waals surface area contributed by atoms with Crippen molar-refractivity contribution in [3.63, 3.8) is 0 Å². The summed E-state index contributed by atoms with van der Waals surface area (Å²) in [5, 5.41) is 3.90. The highest BCUT2D eigenvalue weighted by atomic mass is 16.1. The average molecular weight is 277 g/mol. The van der Waals surface area contributed by atoms with Gasteiger partial charge >= 0.3 is 0 Å². The Bertz CT molecular complexity index is 818. The average Bonchev–Trinajstić information content (AvgIpc) is 2.93. The zero-order valence-electron chi connectivity index (χ0n) is 11.3. The number of rotatable bonds is 3. The van der Waals surface area contributed by atoms with E-state index in [1.807, 2.05) is 54.7 Å². The molecule has 0 radical (unpaired) electrons. The Morgan fingerprint density at radius 1 is 1.14 bits per heavy atom. The Balaban J connectivity index is 1.71. The maximum absolute atomic E-state index is 11.9. The first-order valence-electron chi connectivity index (χ1n) is 6.62. The monoisotopic (exact) mass is 277 g/mol. The molecule has 1 aromatic heterocycles. The van der Waals surface area contributed by atoms with E-state index >= 15 is 0 Å². The van der Waals surface area contributed by atoms with Gasteiger partial charge in [-0.2, -0.15) is 0 Å². The molecule has 4 heteroatoms. The van der Waals surface area contributed by atoms with Gasteiger partial charge in [0.2, 0.25) is 5.91 Å². The summed E-state index contributed by atoms with van der Waals surface area (Å²) in [6.45, 7) is 0. The molecule has 1 heterocycles. The van der Waals surface area contributed by atoms with E-state index < -0.39 is 0 Å². The molecule has 3 aromatic rings. The molecule has 0 aliphatic rings. The van der Waals surface area contributed by atoms with E-state index in [2.05, 4.69) is 10.3 Å². The quantitative estimate of drug-likeness (QED) is 0.507. The first-order chi connectivity index (χ1) is 10.2. The van der Waals surface area contributed by atoms with Gasteiger partial charge in [0.25, 0.3) is 0 Å². The second-order valence-electron chi connectivity index (χ2n) is 4.77. The molecule has 2 aromatic carbocycles. The van der Waals surface area contributed by atoms with Crippen LogP contribution < -0.4 is 11.1 Å². The van der Waals surface area contributed by atoms with Gasteiger partial charge < -0.3 is 16.0 Å². The molecule has 104 valence electrons. The minimum atomic E-state index is -0.174. The predicted molar refractivity (Wildman–Crippen MR) is 86.8 cm³/mol. The molecule has 4 N–H and O–H groups in total. The van der Waals surface area contributed by atoms with Gasteiger partial charge in [-0.1, -0.05) is 12.1 Å². The smallest absolute Gasteiger partial charge is 0.248 e. The number of amides is 1. The normalized spacial score (nSPS) is 11.0. The zero-order chi connectivity index (χ0) is 14.7. The van der Waals surface area contributed by atoms with Crippen LogP contribution in [-0.4, -0.2) is 10.9 Å². The number of nitrogens with two attached hydrogens (primary N) is 1. The number of benzene rings is 2. The summed E-state index contributed by atoms with van der Waals surface area (Å²) in [5.41, 5.74) is 9.08. The van der Waals surface area contributed by atoms with Crippen LogP contribution in [0.15, 0.2) is 60.8 Å². The molecule has 0 bridgehead atoms. The number of nitrogen functional groups attached to an aromatic ring is 1. The predicted octanol–water partition coefficient (Wildman–Crippen LogP) is 3.40.